The molecule has 18 heteroatoms. The summed E-state index contributed by atoms with van der Waals surface area (Å²) in [5.74, 6) is -8.01. The first kappa shape index (κ1) is 44.8. The van der Waals surface area contributed by atoms with E-state index in [0.717, 1.165) is 13.8 Å². The van der Waals surface area contributed by atoms with Crippen LogP contribution in [0.4, 0.5) is 13.2 Å². The molecule has 0 unspecified atom stereocenters. The number of nitrogens with one attached hydrogen (secondary N) is 1. The monoisotopic (exact) mass is 891 g/mol. The molecule has 1 saturated heterocycles. The van der Waals surface area contributed by atoms with Crippen molar-refractivity contribution in [2.75, 3.05) is 13.2 Å². The van der Waals surface area contributed by atoms with Crippen LogP contribution in [0.15, 0.2) is 36.5 Å². The first-order valence-corrected chi connectivity index (χ1v) is 22.7. The molecule has 2 amide bonds. The number of hydrogen-bond donors (Lipinski definition) is 1. The van der Waals surface area contributed by atoms with E-state index in [9.17, 15) is 36.0 Å². The summed E-state index contributed by atoms with van der Waals surface area (Å²) >= 11 is 6.43. The van der Waals surface area contributed by atoms with E-state index < -0.39 is 105 Å². The zero-order chi connectivity index (χ0) is 44.4. The number of esters is 1. The molecule has 7 atom stereocenters. The second-order valence-corrected chi connectivity index (χ2v) is 21.0. The minimum atomic E-state index is -4.41. The van der Waals surface area contributed by atoms with Gasteiger partial charge in [0, 0.05) is 31.0 Å². The number of aryl methyl sites for hydroxylation is 1. The number of imidazole rings is 1. The molecule has 2 aromatic heterocycles. The minimum absolute atomic E-state index is 0.0276. The van der Waals surface area contributed by atoms with Gasteiger partial charge < -0.3 is 14.4 Å². The van der Waals surface area contributed by atoms with Crippen molar-refractivity contribution in [2.45, 2.75) is 128 Å². The third-order valence-electron chi connectivity index (χ3n) is 13.4. The van der Waals surface area contributed by atoms with Crippen molar-refractivity contribution in [1.82, 2.24) is 24.0 Å². The first-order valence-electron chi connectivity index (χ1n) is 20.8. The number of Topliss-reactive ketones (excluding diaryl/α,β-unsaturated/α-hetero) is 1. The zero-order valence-electron chi connectivity index (χ0n) is 35.2. The van der Waals surface area contributed by atoms with E-state index in [2.05, 4.69) is 14.7 Å². The van der Waals surface area contributed by atoms with Gasteiger partial charge in [-0.05, 0) is 95.2 Å². The predicted octanol–water partition coefficient (Wildman–Crippen LogP) is 7.10. The summed E-state index contributed by atoms with van der Waals surface area (Å²) in [4.78, 5) is 67.8. The van der Waals surface area contributed by atoms with Crippen LogP contribution in [-0.4, -0.2) is 92.9 Å². The second kappa shape index (κ2) is 16.1. The van der Waals surface area contributed by atoms with E-state index in [-0.39, 0.29) is 44.0 Å². The van der Waals surface area contributed by atoms with Crippen molar-refractivity contribution in [2.24, 2.45) is 29.1 Å². The largest absolute Gasteiger partial charge is 0.472 e. The lowest BCUT2D eigenvalue weighted by atomic mass is 9.82. The van der Waals surface area contributed by atoms with Gasteiger partial charge in [-0.15, -0.1) is 0 Å². The number of fused-ring (bicyclic) bond motifs is 5. The molecule has 2 aliphatic carbocycles. The number of ether oxygens (including phenoxy) is 2. The van der Waals surface area contributed by atoms with Crippen LogP contribution in [0, 0.1) is 36.0 Å². The number of carbonyl (C=O) groups is 4. The lowest BCUT2D eigenvalue weighted by molar-refractivity contribution is -0.197. The van der Waals surface area contributed by atoms with Crippen molar-refractivity contribution in [1.29, 1.82) is 0 Å². The molecular weight excluding hydrogens is 839 g/mol. The van der Waals surface area contributed by atoms with E-state index in [1.54, 1.807) is 29.5 Å². The maximum Gasteiger partial charge on any atom is 0.307 e. The molecule has 3 fully saturated rings. The Bertz CT molecular complexity index is 2400. The highest BCUT2D eigenvalue weighted by molar-refractivity contribution is 7.91. The molecule has 3 aromatic rings. The number of rotatable bonds is 10. The molecule has 1 N–H and O–H groups in total. The minimum Gasteiger partial charge on any atom is -0.472 e. The number of carbonyl (C=O) groups excluding carboxylic acids is 4. The van der Waals surface area contributed by atoms with Crippen LogP contribution in [0.1, 0.15) is 98.1 Å². The van der Waals surface area contributed by atoms with Crippen molar-refractivity contribution >= 4 is 61.9 Å². The van der Waals surface area contributed by atoms with Gasteiger partial charge in [0.1, 0.15) is 17.5 Å². The molecule has 0 bridgehead atoms. The molecule has 13 nitrogen and oxygen atoms in total. The fourth-order valence-corrected chi connectivity index (χ4v) is 10.5. The van der Waals surface area contributed by atoms with Crippen molar-refractivity contribution in [3.05, 3.63) is 47.3 Å². The molecule has 7 rings (SSSR count). The average Bonchev–Trinajstić information content (AvgIpc) is 4.03. The summed E-state index contributed by atoms with van der Waals surface area (Å²) in [7, 11) is -4.41. The smallest absolute Gasteiger partial charge is 0.307 e. The predicted molar refractivity (Wildman–Crippen MR) is 220 cm³/mol. The van der Waals surface area contributed by atoms with Gasteiger partial charge in [0.2, 0.25) is 33.5 Å². The van der Waals surface area contributed by atoms with Gasteiger partial charge in [-0.3, -0.25) is 28.3 Å². The number of halogens is 4. The third-order valence-corrected chi connectivity index (χ3v) is 15.7. The number of alkyl halides is 3. The summed E-state index contributed by atoms with van der Waals surface area (Å²) in [6.45, 7) is 7.14. The van der Waals surface area contributed by atoms with E-state index in [1.807, 2.05) is 32.2 Å². The van der Waals surface area contributed by atoms with Gasteiger partial charge in [0.25, 0.3) is 5.92 Å². The first-order chi connectivity index (χ1) is 28.5. The average molecular weight is 892 g/mol. The van der Waals surface area contributed by atoms with Crippen LogP contribution in [0.5, 0.6) is 5.88 Å². The van der Waals surface area contributed by atoms with E-state index >= 15 is 4.79 Å². The SMILES string of the molecule is Cc1cn2c(n1)nc(O[C@@H]1C[C@H]3C(=O)C[C@]4(C(=O)NS(=O)(=O)C5(CF)CC5)C[C@H]4/C=C\CC[C@H](C)C[C@@H](C)[C@H](CC(=O)OC(C)(C)C(C)(F)F)C(=O)N3C1)c1cc(Cl)ccc12. The van der Waals surface area contributed by atoms with Gasteiger partial charge >= 0.3 is 5.97 Å². The summed E-state index contributed by atoms with van der Waals surface area (Å²) in [6.07, 6.45) is 5.60. The second-order valence-electron chi connectivity index (χ2n) is 18.5. The zero-order valence-corrected chi connectivity index (χ0v) is 36.8. The summed E-state index contributed by atoms with van der Waals surface area (Å²) < 4.78 is 83.5. The molecule has 61 heavy (non-hydrogen) atoms. The van der Waals surface area contributed by atoms with Crippen molar-refractivity contribution < 1.29 is 50.2 Å². The Morgan fingerprint density at radius 2 is 1.82 bits per heavy atom. The lowest BCUT2D eigenvalue weighted by Gasteiger charge is -2.34. The molecule has 0 spiro atoms. The Hall–Kier alpha value is -4.25. The standard InChI is InChI=1S/C43H53ClF3N5O8S/c1-24-9-7-8-10-27-19-43(27,38(56)50-61(57,58)42(23-45)13-14-42)20-34(53)33-17-29(59-36-31-16-28(44)11-12-32(31)52-21-26(3)48-39(52)49-36)22-51(33)37(55)30(25(2)15-24)18-35(54)60-40(4,5)41(6,46)47/h8,10-12,16,21,24-25,27,29-30,33H,7,9,13-15,17-20,22-23H2,1-6H3,(H,50,56)/b10-8-/t24-,25+,27+,29+,30-,33-,43+/m0/s1. The summed E-state index contributed by atoms with van der Waals surface area (Å²) in [5.41, 5.74) is -2.29. The Labute approximate surface area is 358 Å². The van der Waals surface area contributed by atoms with E-state index in [0.29, 0.717) is 53.6 Å². The Balaban J connectivity index is 1.26. The lowest BCUT2D eigenvalue weighted by Crippen LogP contribution is -2.49. The van der Waals surface area contributed by atoms with E-state index in [1.165, 1.54) is 4.90 Å². The van der Waals surface area contributed by atoms with Crippen molar-refractivity contribution in [3.63, 3.8) is 0 Å². The van der Waals surface area contributed by atoms with Gasteiger partial charge in [-0.1, -0.05) is 37.6 Å². The number of ketones is 1. The summed E-state index contributed by atoms with van der Waals surface area (Å²) in [5, 5.41) is 0.934. The quantitative estimate of drug-likeness (QED) is 0.164. The Morgan fingerprint density at radius 1 is 1.10 bits per heavy atom. The number of amides is 2. The number of aromatic nitrogens is 3. The number of hydrogen-bond acceptors (Lipinski definition) is 10. The van der Waals surface area contributed by atoms with Crippen LogP contribution in [0.25, 0.3) is 16.7 Å². The maximum atomic E-state index is 15.0. The van der Waals surface area contributed by atoms with Gasteiger partial charge in [0.05, 0.1) is 46.9 Å². The van der Waals surface area contributed by atoms with Crippen molar-refractivity contribution in [3.8, 4) is 5.88 Å². The molecular formula is C43H53ClF3N5O8S. The highest BCUT2D eigenvalue weighted by Gasteiger charge is 2.63. The third kappa shape index (κ3) is 8.74. The molecule has 4 heterocycles. The number of allylic oxidation sites excluding steroid dienone is 2. The van der Waals surface area contributed by atoms with Crippen LogP contribution >= 0.6 is 11.6 Å². The van der Waals surface area contributed by atoms with Crippen LogP contribution in [0.3, 0.4) is 0 Å². The van der Waals surface area contributed by atoms with E-state index in [4.69, 9.17) is 21.1 Å². The topological polar surface area (TPSA) is 166 Å². The molecule has 1 aromatic carbocycles. The van der Waals surface area contributed by atoms with Crippen LogP contribution in [-0.2, 0) is 33.9 Å². The van der Waals surface area contributed by atoms with Crippen LogP contribution in [0.2, 0.25) is 5.02 Å². The highest BCUT2D eigenvalue weighted by atomic mass is 35.5. The highest BCUT2D eigenvalue weighted by Crippen LogP contribution is 2.58. The van der Waals surface area contributed by atoms with Crippen LogP contribution < -0.4 is 9.46 Å². The molecule has 2 saturated carbocycles. The number of sulfonamides is 1. The normalized spacial score (nSPS) is 29.0. The van der Waals surface area contributed by atoms with Gasteiger partial charge in [0.15, 0.2) is 11.4 Å². The Kier molecular flexibility index (Phi) is 11.9. The summed E-state index contributed by atoms with van der Waals surface area (Å²) in [6, 6.07) is 3.97. The molecule has 332 valence electrons. The Morgan fingerprint density at radius 3 is 2.49 bits per heavy atom. The van der Waals surface area contributed by atoms with Gasteiger partial charge in [-0.2, -0.15) is 4.98 Å². The maximum absolute atomic E-state index is 15.0. The molecule has 0 radical (unpaired) electrons. The molecule has 4 aliphatic rings. The fourth-order valence-electron chi connectivity index (χ4n) is 8.86. The fraction of sp³-hybridized carbons (Fsp3) is 0.628. The van der Waals surface area contributed by atoms with Gasteiger partial charge in [-0.25, -0.2) is 26.6 Å². The number of benzene rings is 1. The molecule has 2 aliphatic heterocycles. The number of nitrogens with zero attached hydrogens (tertiary/aromatic N) is 4.